The first kappa shape index (κ1) is 7.99. The molecule has 0 atom stereocenters. The summed E-state index contributed by atoms with van der Waals surface area (Å²) in [5, 5.41) is 2.00. The fourth-order valence-corrected chi connectivity index (χ4v) is 2.21. The van der Waals surface area contributed by atoms with E-state index in [1.54, 1.807) is 11.3 Å². The average Bonchev–Trinajstić information content (AvgIpc) is 2.72. The van der Waals surface area contributed by atoms with Crippen LogP contribution in [-0.2, 0) is 0 Å². The highest BCUT2D eigenvalue weighted by atomic mass is 32.1. The minimum Gasteiger partial charge on any atom is -0.293 e. The van der Waals surface area contributed by atoms with Crippen LogP contribution in [-0.4, -0.2) is 5.78 Å². The van der Waals surface area contributed by atoms with E-state index in [1.165, 1.54) is 12.8 Å². The lowest BCUT2D eigenvalue weighted by molar-refractivity contribution is 0.0979. The SMILES string of the molecule is Cc1ccsc1C(=O)CC1CC1. The number of Topliss-reactive ketones (excluding diaryl/α,β-unsaturated/α-hetero) is 1. The zero-order valence-corrected chi connectivity index (χ0v) is 7.99. The molecule has 1 aliphatic rings. The molecule has 0 saturated heterocycles. The summed E-state index contributed by atoms with van der Waals surface area (Å²) in [7, 11) is 0. The Hall–Kier alpha value is -0.630. The van der Waals surface area contributed by atoms with E-state index in [1.807, 2.05) is 18.4 Å². The van der Waals surface area contributed by atoms with Gasteiger partial charge < -0.3 is 0 Å². The molecule has 0 spiro atoms. The summed E-state index contributed by atoms with van der Waals surface area (Å²) in [6.07, 6.45) is 3.30. The minimum absolute atomic E-state index is 0.352. The minimum atomic E-state index is 0.352. The number of rotatable bonds is 3. The Bertz CT molecular complexity index is 297. The highest BCUT2D eigenvalue weighted by Crippen LogP contribution is 2.34. The maximum atomic E-state index is 11.6. The standard InChI is InChI=1S/C10H12OS/c1-7-4-5-12-10(7)9(11)6-8-2-3-8/h4-5,8H,2-3,6H2,1H3. The summed E-state index contributed by atoms with van der Waals surface area (Å²) >= 11 is 1.58. The quantitative estimate of drug-likeness (QED) is 0.653. The fourth-order valence-electron chi connectivity index (χ4n) is 1.34. The predicted octanol–water partition coefficient (Wildman–Crippen LogP) is 3.04. The molecule has 1 aromatic heterocycles. The van der Waals surface area contributed by atoms with Crippen LogP contribution in [0.25, 0.3) is 0 Å². The first-order valence-corrected chi connectivity index (χ1v) is 5.22. The van der Waals surface area contributed by atoms with E-state index < -0.39 is 0 Å². The van der Waals surface area contributed by atoms with Gasteiger partial charge in [-0.25, -0.2) is 0 Å². The van der Waals surface area contributed by atoms with Gasteiger partial charge in [0.1, 0.15) is 0 Å². The van der Waals surface area contributed by atoms with Crippen molar-refractivity contribution >= 4 is 17.1 Å². The molecule has 1 aromatic rings. The molecule has 12 heavy (non-hydrogen) atoms. The molecule has 1 saturated carbocycles. The molecule has 1 fully saturated rings. The number of hydrogen-bond acceptors (Lipinski definition) is 2. The van der Waals surface area contributed by atoms with E-state index in [0.29, 0.717) is 11.7 Å². The van der Waals surface area contributed by atoms with Crippen LogP contribution < -0.4 is 0 Å². The number of carbonyl (C=O) groups excluding carboxylic acids is 1. The highest BCUT2D eigenvalue weighted by Gasteiger charge is 2.25. The van der Waals surface area contributed by atoms with E-state index in [4.69, 9.17) is 0 Å². The molecular formula is C10H12OS. The second-order valence-electron chi connectivity index (χ2n) is 3.50. The van der Waals surface area contributed by atoms with Crippen molar-refractivity contribution in [1.82, 2.24) is 0 Å². The second-order valence-corrected chi connectivity index (χ2v) is 4.42. The van der Waals surface area contributed by atoms with Gasteiger partial charge in [-0.1, -0.05) is 0 Å². The van der Waals surface area contributed by atoms with Crippen molar-refractivity contribution in [1.29, 1.82) is 0 Å². The van der Waals surface area contributed by atoms with Crippen LogP contribution in [0.1, 0.15) is 34.5 Å². The molecule has 2 heteroatoms. The van der Waals surface area contributed by atoms with Crippen LogP contribution >= 0.6 is 11.3 Å². The summed E-state index contributed by atoms with van der Waals surface area (Å²) in [5.74, 6) is 1.06. The van der Waals surface area contributed by atoms with E-state index >= 15 is 0 Å². The third-order valence-electron chi connectivity index (χ3n) is 2.29. The molecule has 0 bridgehead atoms. The Balaban J connectivity index is 2.07. The lowest BCUT2D eigenvalue weighted by atomic mass is 10.1. The van der Waals surface area contributed by atoms with Gasteiger partial charge in [-0.3, -0.25) is 4.79 Å². The first-order valence-electron chi connectivity index (χ1n) is 4.34. The van der Waals surface area contributed by atoms with Crippen molar-refractivity contribution in [3.05, 3.63) is 21.9 Å². The van der Waals surface area contributed by atoms with Gasteiger partial charge in [0.25, 0.3) is 0 Å². The van der Waals surface area contributed by atoms with Crippen molar-refractivity contribution in [2.24, 2.45) is 5.92 Å². The van der Waals surface area contributed by atoms with Gasteiger partial charge in [0.2, 0.25) is 0 Å². The van der Waals surface area contributed by atoms with Crippen LogP contribution in [0.3, 0.4) is 0 Å². The third-order valence-corrected chi connectivity index (χ3v) is 3.34. The normalized spacial score (nSPS) is 16.4. The van der Waals surface area contributed by atoms with E-state index in [2.05, 4.69) is 0 Å². The molecule has 0 unspecified atom stereocenters. The van der Waals surface area contributed by atoms with Crippen molar-refractivity contribution in [3.8, 4) is 0 Å². The van der Waals surface area contributed by atoms with Crippen LogP contribution in [0, 0.1) is 12.8 Å². The lowest BCUT2D eigenvalue weighted by Crippen LogP contribution is -1.98. The van der Waals surface area contributed by atoms with Crippen molar-refractivity contribution in [2.45, 2.75) is 26.2 Å². The van der Waals surface area contributed by atoms with Gasteiger partial charge in [-0.15, -0.1) is 11.3 Å². The summed E-state index contributed by atoms with van der Waals surface area (Å²) < 4.78 is 0. The second kappa shape index (κ2) is 3.02. The number of thiophene rings is 1. The molecular weight excluding hydrogens is 168 g/mol. The topological polar surface area (TPSA) is 17.1 Å². The summed E-state index contributed by atoms with van der Waals surface area (Å²) in [6, 6.07) is 2.02. The van der Waals surface area contributed by atoms with Crippen molar-refractivity contribution in [2.75, 3.05) is 0 Å². The van der Waals surface area contributed by atoms with Crippen LogP contribution in [0.4, 0.5) is 0 Å². The maximum Gasteiger partial charge on any atom is 0.173 e. The molecule has 0 aromatic carbocycles. The molecule has 0 radical (unpaired) electrons. The summed E-state index contributed by atoms with van der Waals surface area (Å²) in [6.45, 7) is 2.01. The molecule has 64 valence electrons. The average molecular weight is 180 g/mol. The number of hydrogen-bond donors (Lipinski definition) is 0. The van der Waals surface area contributed by atoms with Crippen molar-refractivity contribution in [3.63, 3.8) is 0 Å². The molecule has 2 rings (SSSR count). The Labute approximate surface area is 76.4 Å². The monoisotopic (exact) mass is 180 g/mol. The lowest BCUT2D eigenvalue weighted by Gasteiger charge is -1.96. The van der Waals surface area contributed by atoms with Crippen LogP contribution in [0.15, 0.2) is 11.4 Å². The highest BCUT2D eigenvalue weighted by molar-refractivity contribution is 7.12. The first-order chi connectivity index (χ1) is 5.77. The number of aryl methyl sites for hydroxylation is 1. The maximum absolute atomic E-state index is 11.6. The van der Waals surface area contributed by atoms with Gasteiger partial charge in [0.05, 0.1) is 4.88 Å². The smallest absolute Gasteiger partial charge is 0.173 e. The van der Waals surface area contributed by atoms with Gasteiger partial charge in [-0.2, -0.15) is 0 Å². The fraction of sp³-hybridized carbons (Fsp3) is 0.500. The summed E-state index contributed by atoms with van der Waals surface area (Å²) in [4.78, 5) is 12.6. The Kier molecular flexibility index (Phi) is 2.01. The largest absolute Gasteiger partial charge is 0.293 e. The molecule has 1 heterocycles. The van der Waals surface area contributed by atoms with E-state index in [9.17, 15) is 4.79 Å². The van der Waals surface area contributed by atoms with E-state index in [0.717, 1.165) is 16.9 Å². The summed E-state index contributed by atoms with van der Waals surface area (Å²) in [5.41, 5.74) is 1.14. The van der Waals surface area contributed by atoms with Crippen LogP contribution in [0.5, 0.6) is 0 Å². The Morgan fingerprint density at radius 2 is 2.42 bits per heavy atom. The molecule has 0 aliphatic heterocycles. The Morgan fingerprint density at radius 1 is 1.67 bits per heavy atom. The van der Waals surface area contributed by atoms with Crippen molar-refractivity contribution < 1.29 is 4.79 Å². The van der Waals surface area contributed by atoms with E-state index in [-0.39, 0.29) is 0 Å². The van der Waals surface area contributed by atoms with Gasteiger partial charge >= 0.3 is 0 Å². The third kappa shape index (κ3) is 1.58. The molecule has 1 aliphatic carbocycles. The van der Waals surface area contributed by atoms with Gasteiger partial charge in [0, 0.05) is 6.42 Å². The number of ketones is 1. The zero-order chi connectivity index (χ0) is 8.55. The molecule has 0 amide bonds. The molecule has 1 nitrogen and oxygen atoms in total. The molecule has 0 N–H and O–H groups in total. The van der Waals surface area contributed by atoms with Gasteiger partial charge in [0.15, 0.2) is 5.78 Å². The Morgan fingerprint density at radius 3 is 2.92 bits per heavy atom. The predicted molar refractivity (Wildman–Crippen MR) is 50.7 cm³/mol. The zero-order valence-electron chi connectivity index (χ0n) is 7.17. The van der Waals surface area contributed by atoms with Crippen LogP contribution in [0.2, 0.25) is 0 Å². The number of carbonyl (C=O) groups is 1. The van der Waals surface area contributed by atoms with Gasteiger partial charge in [-0.05, 0) is 42.7 Å².